The molecule has 0 unspecified atom stereocenters. The van der Waals surface area contributed by atoms with Gasteiger partial charge in [0.1, 0.15) is 0 Å². The molecule has 0 bridgehead atoms. The Hall–Kier alpha value is -3.17. The zero-order valence-corrected chi connectivity index (χ0v) is 17.6. The second-order valence-electron chi connectivity index (χ2n) is 7.39. The van der Waals surface area contributed by atoms with Crippen LogP contribution in [0.15, 0.2) is 36.4 Å². The number of nitrogens with one attached hydrogen (secondary N) is 3. The van der Waals surface area contributed by atoms with E-state index in [4.69, 9.17) is 5.26 Å². The van der Waals surface area contributed by atoms with Crippen molar-refractivity contribution in [1.29, 1.82) is 5.26 Å². The molecule has 0 aliphatic carbocycles. The minimum atomic E-state index is -0.171. The lowest BCUT2D eigenvalue weighted by molar-refractivity contribution is -0.882. The number of nitrogens with zero attached hydrogens (tertiary/aromatic N) is 1. The Balaban J connectivity index is 2.04. The molecule has 2 aromatic rings. The van der Waals surface area contributed by atoms with Gasteiger partial charge in [0.2, 0.25) is 0 Å². The number of carbonyl (C=O) groups excluding carboxylic acids is 2. The van der Waals surface area contributed by atoms with Gasteiger partial charge in [-0.25, -0.2) is 0 Å². The molecule has 0 heterocycles. The van der Waals surface area contributed by atoms with E-state index in [0.29, 0.717) is 6.54 Å². The minimum absolute atomic E-state index is 0.121. The summed E-state index contributed by atoms with van der Waals surface area (Å²) >= 11 is 0. The Kier molecular flexibility index (Phi) is 7.93. The first-order chi connectivity index (χ1) is 13.8. The Morgan fingerprint density at radius 3 is 1.55 bits per heavy atom. The second kappa shape index (κ2) is 10.4. The van der Waals surface area contributed by atoms with Gasteiger partial charge in [0, 0.05) is 11.4 Å². The number of para-hydroxylation sites is 2. The van der Waals surface area contributed by atoms with Crippen molar-refractivity contribution in [2.24, 2.45) is 0 Å². The summed E-state index contributed by atoms with van der Waals surface area (Å²) in [5.74, 6) is -0.342. The molecule has 0 aliphatic rings. The van der Waals surface area contributed by atoms with Gasteiger partial charge in [0.05, 0.1) is 19.0 Å². The number of hydrogen-bond donors (Lipinski definition) is 3. The van der Waals surface area contributed by atoms with E-state index in [9.17, 15) is 9.59 Å². The third-order valence-corrected chi connectivity index (χ3v) is 4.90. The Labute approximate surface area is 172 Å². The first-order valence-electron chi connectivity index (χ1n) is 9.74. The Morgan fingerprint density at radius 2 is 1.21 bits per heavy atom. The minimum Gasteiger partial charge on any atom is -0.321 e. The van der Waals surface area contributed by atoms with E-state index in [2.05, 4.69) is 16.7 Å². The number of nitriles is 1. The molecule has 6 nitrogen and oxygen atoms in total. The number of hydrogen-bond acceptors (Lipinski definition) is 3. The summed E-state index contributed by atoms with van der Waals surface area (Å²) in [4.78, 5) is 25.9. The molecule has 0 atom stereocenters. The molecule has 0 aromatic heterocycles. The van der Waals surface area contributed by atoms with Gasteiger partial charge in [-0.1, -0.05) is 36.4 Å². The quantitative estimate of drug-likeness (QED) is 0.643. The highest BCUT2D eigenvalue weighted by atomic mass is 16.2. The molecular formula is C23H29N4O2+. The van der Waals surface area contributed by atoms with Gasteiger partial charge in [0.25, 0.3) is 11.8 Å². The molecule has 2 amide bonds. The molecule has 152 valence electrons. The summed E-state index contributed by atoms with van der Waals surface area (Å²) in [5.41, 5.74) is 5.57. The maximum atomic E-state index is 12.6. The highest BCUT2D eigenvalue weighted by Gasteiger charge is 2.20. The smallest absolute Gasteiger partial charge is 0.279 e. The van der Waals surface area contributed by atoms with Crippen LogP contribution in [-0.2, 0) is 9.59 Å². The lowest BCUT2D eigenvalue weighted by atomic mass is 10.1. The SMILES string of the molecule is Cc1cccc(C)c1NC(=O)C[NH+](CCC#N)CC(=O)Nc1c(C)cccc1C. The molecular weight excluding hydrogens is 364 g/mol. The van der Waals surface area contributed by atoms with Crippen LogP contribution in [0.1, 0.15) is 28.7 Å². The summed E-state index contributed by atoms with van der Waals surface area (Å²) in [6, 6.07) is 13.8. The standard InChI is InChI=1S/C23H28N4O2/c1-16-8-5-9-17(2)22(16)25-20(28)14-27(13-7-12-24)15-21(29)26-23-18(3)10-6-11-19(23)4/h5-6,8-11H,7,13-15H2,1-4H3,(H,25,28)(H,26,29)/p+1. The van der Waals surface area contributed by atoms with Crippen LogP contribution in [-0.4, -0.2) is 31.4 Å². The highest BCUT2D eigenvalue weighted by Crippen LogP contribution is 2.19. The third kappa shape index (κ3) is 6.44. The van der Waals surface area contributed by atoms with E-state index in [0.717, 1.165) is 38.5 Å². The predicted molar refractivity (Wildman–Crippen MR) is 115 cm³/mol. The lowest BCUT2D eigenvalue weighted by Crippen LogP contribution is -3.14. The fourth-order valence-electron chi connectivity index (χ4n) is 3.32. The summed E-state index contributed by atoms with van der Waals surface area (Å²) < 4.78 is 0. The summed E-state index contributed by atoms with van der Waals surface area (Å²) in [6.07, 6.45) is 0.280. The van der Waals surface area contributed by atoms with Crippen LogP contribution in [0.25, 0.3) is 0 Å². The fourth-order valence-corrected chi connectivity index (χ4v) is 3.32. The van der Waals surface area contributed by atoms with Crippen molar-refractivity contribution in [3.63, 3.8) is 0 Å². The van der Waals surface area contributed by atoms with Crippen molar-refractivity contribution in [1.82, 2.24) is 0 Å². The number of anilines is 2. The van der Waals surface area contributed by atoms with Crippen molar-refractivity contribution in [2.45, 2.75) is 34.1 Å². The number of aryl methyl sites for hydroxylation is 4. The molecule has 2 rings (SSSR count). The van der Waals surface area contributed by atoms with Crippen LogP contribution >= 0.6 is 0 Å². The van der Waals surface area contributed by atoms with Gasteiger partial charge in [-0.2, -0.15) is 5.26 Å². The van der Waals surface area contributed by atoms with Crippen molar-refractivity contribution in [2.75, 3.05) is 30.3 Å². The van der Waals surface area contributed by atoms with Gasteiger partial charge in [0.15, 0.2) is 13.1 Å². The predicted octanol–water partition coefficient (Wildman–Crippen LogP) is 2.30. The van der Waals surface area contributed by atoms with Crippen LogP contribution in [0.2, 0.25) is 0 Å². The molecule has 0 saturated carbocycles. The van der Waals surface area contributed by atoms with E-state index < -0.39 is 0 Å². The van der Waals surface area contributed by atoms with Crippen molar-refractivity contribution >= 4 is 23.2 Å². The molecule has 0 saturated heterocycles. The Morgan fingerprint density at radius 1 is 0.828 bits per heavy atom. The van der Waals surface area contributed by atoms with Gasteiger partial charge >= 0.3 is 0 Å². The van der Waals surface area contributed by atoms with Gasteiger partial charge in [-0.15, -0.1) is 0 Å². The summed E-state index contributed by atoms with van der Waals surface area (Å²) in [6.45, 7) is 8.45. The molecule has 3 N–H and O–H groups in total. The average molecular weight is 394 g/mol. The normalized spacial score (nSPS) is 10.5. The van der Waals surface area contributed by atoms with Crippen LogP contribution in [0.5, 0.6) is 0 Å². The molecule has 0 spiro atoms. The molecule has 2 aromatic carbocycles. The molecule has 0 fully saturated rings. The Bertz CT molecular complexity index is 823. The van der Waals surface area contributed by atoms with E-state index in [1.165, 1.54) is 0 Å². The van der Waals surface area contributed by atoms with E-state index in [1.54, 1.807) is 0 Å². The van der Waals surface area contributed by atoms with Gasteiger partial charge < -0.3 is 15.5 Å². The molecule has 0 radical (unpaired) electrons. The van der Waals surface area contributed by atoms with Crippen LogP contribution in [0, 0.1) is 39.0 Å². The number of rotatable bonds is 8. The van der Waals surface area contributed by atoms with Gasteiger partial charge in [-0.3, -0.25) is 9.59 Å². The van der Waals surface area contributed by atoms with Crippen molar-refractivity contribution in [3.05, 3.63) is 58.7 Å². The van der Waals surface area contributed by atoms with E-state index >= 15 is 0 Å². The molecule has 6 heteroatoms. The first kappa shape index (κ1) is 22.1. The number of quaternary nitrogens is 1. The zero-order chi connectivity index (χ0) is 21.4. The van der Waals surface area contributed by atoms with E-state index in [-0.39, 0.29) is 31.3 Å². The summed E-state index contributed by atoms with van der Waals surface area (Å²) in [5, 5.41) is 14.8. The largest absolute Gasteiger partial charge is 0.321 e. The highest BCUT2D eigenvalue weighted by molar-refractivity contribution is 5.94. The van der Waals surface area contributed by atoms with Gasteiger partial charge in [-0.05, 0) is 49.9 Å². The van der Waals surface area contributed by atoms with E-state index in [1.807, 2.05) is 64.1 Å². The van der Waals surface area contributed by atoms with Crippen molar-refractivity contribution < 1.29 is 14.5 Å². The maximum absolute atomic E-state index is 12.6. The third-order valence-electron chi connectivity index (χ3n) is 4.90. The lowest BCUT2D eigenvalue weighted by Gasteiger charge is -2.19. The number of carbonyl (C=O) groups is 2. The monoisotopic (exact) mass is 393 g/mol. The number of amides is 2. The zero-order valence-electron chi connectivity index (χ0n) is 17.6. The number of benzene rings is 2. The molecule has 29 heavy (non-hydrogen) atoms. The first-order valence-corrected chi connectivity index (χ1v) is 9.74. The van der Waals surface area contributed by atoms with Crippen LogP contribution in [0.3, 0.4) is 0 Å². The van der Waals surface area contributed by atoms with Crippen LogP contribution < -0.4 is 15.5 Å². The summed E-state index contributed by atoms with van der Waals surface area (Å²) in [7, 11) is 0. The second-order valence-corrected chi connectivity index (χ2v) is 7.39. The topological polar surface area (TPSA) is 86.4 Å². The molecule has 0 aliphatic heterocycles. The van der Waals surface area contributed by atoms with Crippen molar-refractivity contribution in [3.8, 4) is 6.07 Å². The maximum Gasteiger partial charge on any atom is 0.279 e. The fraction of sp³-hybridized carbons (Fsp3) is 0.348. The van der Waals surface area contributed by atoms with Crippen LogP contribution in [0.4, 0.5) is 11.4 Å². The average Bonchev–Trinajstić information content (AvgIpc) is 2.66.